The number of amides is 1. The molecule has 1 aliphatic rings. The number of ether oxygens (including phenoxy) is 1. The lowest BCUT2D eigenvalue weighted by Gasteiger charge is -2.40. The Morgan fingerprint density at radius 1 is 1.15 bits per heavy atom. The summed E-state index contributed by atoms with van der Waals surface area (Å²) >= 11 is 0. The molecule has 1 aliphatic heterocycles. The van der Waals surface area contributed by atoms with Crippen molar-refractivity contribution in [3.05, 3.63) is 64.7 Å². The minimum absolute atomic E-state index is 0.0960. The number of benzene rings is 2. The fraction of sp³-hybridized carbons (Fsp3) is 0.364. The van der Waals surface area contributed by atoms with Gasteiger partial charge in [-0.25, -0.2) is 0 Å². The smallest absolute Gasteiger partial charge is 0.248 e. The molecule has 3 rings (SSSR count). The molecule has 3 N–H and O–H groups in total. The number of ketones is 1. The van der Waals surface area contributed by atoms with E-state index in [0.717, 1.165) is 28.9 Å². The van der Waals surface area contributed by atoms with Crippen molar-refractivity contribution in [3.63, 3.8) is 0 Å². The van der Waals surface area contributed by atoms with E-state index in [2.05, 4.69) is 19.2 Å². The Bertz CT molecular complexity index is 843. The van der Waals surface area contributed by atoms with Gasteiger partial charge in [0, 0.05) is 11.1 Å². The predicted octanol–water partition coefficient (Wildman–Crippen LogP) is 3.28. The van der Waals surface area contributed by atoms with Gasteiger partial charge in [0.15, 0.2) is 5.78 Å². The van der Waals surface area contributed by atoms with Crippen LogP contribution in [-0.2, 0) is 6.42 Å². The van der Waals surface area contributed by atoms with Crippen LogP contribution in [0.4, 0.5) is 0 Å². The first-order valence-corrected chi connectivity index (χ1v) is 9.00. The van der Waals surface area contributed by atoms with Crippen molar-refractivity contribution in [2.75, 3.05) is 7.05 Å². The average Bonchev–Trinajstić information content (AvgIpc) is 2.60. The second-order valence-electron chi connectivity index (χ2n) is 7.36. The second-order valence-corrected chi connectivity index (χ2v) is 7.36. The van der Waals surface area contributed by atoms with E-state index in [4.69, 9.17) is 10.5 Å². The average molecular weight is 368 g/mol. The lowest BCUT2D eigenvalue weighted by molar-refractivity contribution is 0.0516. The maximum absolute atomic E-state index is 11.4. The molecule has 0 bridgehead atoms. The van der Waals surface area contributed by atoms with Crippen LogP contribution >= 0.6 is 0 Å². The van der Waals surface area contributed by atoms with Crippen molar-refractivity contribution >= 4 is 11.7 Å². The fourth-order valence-electron chi connectivity index (χ4n) is 3.13. The minimum Gasteiger partial charge on any atom is -0.486 e. The van der Waals surface area contributed by atoms with Crippen LogP contribution < -0.4 is 15.8 Å². The van der Waals surface area contributed by atoms with Gasteiger partial charge in [0.05, 0.1) is 6.04 Å². The largest absolute Gasteiger partial charge is 0.486 e. The van der Waals surface area contributed by atoms with Gasteiger partial charge < -0.3 is 15.8 Å². The van der Waals surface area contributed by atoms with Gasteiger partial charge in [-0.2, -0.15) is 0 Å². The summed E-state index contributed by atoms with van der Waals surface area (Å²) in [6, 6.07) is 13.1. The van der Waals surface area contributed by atoms with Crippen LogP contribution in [0.2, 0.25) is 0 Å². The van der Waals surface area contributed by atoms with Crippen LogP contribution in [0.3, 0.4) is 0 Å². The highest BCUT2D eigenvalue weighted by Crippen LogP contribution is 2.33. The lowest BCUT2D eigenvalue weighted by atomic mass is 9.88. The van der Waals surface area contributed by atoms with Crippen LogP contribution in [0.5, 0.6) is 5.75 Å². The number of Topliss-reactive ketones (excluding diaryl/α,β-unsaturated/α-hetero) is 1. The maximum Gasteiger partial charge on any atom is 0.248 e. The van der Waals surface area contributed by atoms with Crippen molar-refractivity contribution in [2.45, 2.75) is 45.8 Å². The highest BCUT2D eigenvalue weighted by atomic mass is 16.5. The molecular formula is C22H28N2O3. The number of aryl methyl sites for hydroxylation is 1. The molecule has 1 unspecified atom stereocenters. The molecule has 0 aliphatic carbocycles. The molecule has 1 heterocycles. The van der Waals surface area contributed by atoms with Crippen LogP contribution in [0.25, 0.3) is 0 Å². The molecule has 5 heteroatoms. The van der Waals surface area contributed by atoms with Crippen molar-refractivity contribution in [2.24, 2.45) is 5.73 Å². The van der Waals surface area contributed by atoms with Gasteiger partial charge >= 0.3 is 0 Å². The Morgan fingerprint density at radius 3 is 2.37 bits per heavy atom. The molecular weight excluding hydrogens is 340 g/mol. The normalized spacial score (nSPS) is 17.0. The van der Waals surface area contributed by atoms with Gasteiger partial charge in [0.1, 0.15) is 11.4 Å². The quantitative estimate of drug-likeness (QED) is 0.815. The van der Waals surface area contributed by atoms with E-state index in [0.29, 0.717) is 5.56 Å². The lowest BCUT2D eigenvalue weighted by Crippen LogP contribution is -2.53. The Hall–Kier alpha value is -2.66. The molecule has 1 amide bonds. The van der Waals surface area contributed by atoms with Gasteiger partial charge in [0.2, 0.25) is 5.91 Å². The zero-order valence-electron chi connectivity index (χ0n) is 16.6. The Labute approximate surface area is 160 Å². The molecule has 27 heavy (non-hydrogen) atoms. The van der Waals surface area contributed by atoms with Crippen LogP contribution in [0, 0.1) is 6.92 Å². The number of nitrogens with one attached hydrogen (secondary N) is 1. The Balaban J connectivity index is 0.000000223. The second kappa shape index (κ2) is 8.35. The van der Waals surface area contributed by atoms with Crippen molar-refractivity contribution < 1.29 is 14.3 Å². The van der Waals surface area contributed by atoms with Crippen LogP contribution in [0.1, 0.15) is 52.6 Å². The van der Waals surface area contributed by atoms with Gasteiger partial charge in [-0.3, -0.25) is 9.59 Å². The van der Waals surface area contributed by atoms with E-state index in [1.165, 1.54) is 0 Å². The summed E-state index contributed by atoms with van der Waals surface area (Å²) in [5.74, 6) is 0.619. The number of nitrogens with two attached hydrogens (primary N) is 1. The molecule has 0 fully saturated rings. The first-order valence-electron chi connectivity index (χ1n) is 9.00. The third-order valence-electron chi connectivity index (χ3n) is 4.75. The summed E-state index contributed by atoms with van der Waals surface area (Å²) in [4.78, 5) is 21.9. The summed E-state index contributed by atoms with van der Waals surface area (Å²) in [6.07, 6.45) is 0.889. The molecule has 0 spiro atoms. The number of hydrogen-bond donors (Lipinski definition) is 2. The van der Waals surface area contributed by atoms with Crippen LogP contribution in [0.15, 0.2) is 42.5 Å². The summed E-state index contributed by atoms with van der Waals surface area (Å²) in [5, 5.41) is 3.27. The molecule has 2 aromatic carbocycles. The number of primary amides is 1. The topological polar surface area (TPSA) is 81.4 Å². The van der Waals surface area contributed by atoms with E-state index >= 15 is 0 Å². The molecule has 0 radical (unpaired) electrons. The molecule has 0 saturated heterocycles. The minimum atomic E-state index is -0.372. The van der Waals surface area contributed by atoms with E-state index in [1.807, 2.05) is 44.3 Å². The van der Waals surface area contributed by atoms with E-state index in [9.17, 15) is 9.59 Å². The molecule has 0 saturated carbocycles. The van der Waals surface area contributed by atoms with Gasteiger partial charge in [-0.05, 0) is 77.1 Å². The number of likely N-dealkylation sites (N-methyl/N-ethyl adjacent to an activating group) is 1. The van der Waals surface area contributed by atoms with Gasteiger partial charge in [0.25, 0.3) is 0 Å². The molecule has 0 aromatic heterocycles. The highest BCUT2D eigenvalue weighted by molar-refractivity contribution is 5.94. The third kappa shape index (κ3) is 5.17. The summed E-state index contributed by atoms with van der Waals surface area (Å²) in [7, 11) is 1.94. The number of hydrogen-bond acceptors (Lipinski definition) is 4. The number of carbonyl (C=O) groups is 2. The summed E-state index contributed by atoms with van der Waals surface area (Å²) in [5.41, 5.74) is 8.30. The van der Waals surface area contributed by atoms with E-state index in [1.54, 1.807) is 19.1 Å². The van der Waals surface area contributed by atoms with Gasteiger partial charge in [-0.15, -0.1) is 0 Å². The molecule has 2 aromatic rings. The Kier molecular flexibility index (Phi) is 6.39. The zero-order chi connectivity index (χ0) is 20.2. The monoisotopic (exact) mass is 368 g/mol. The zero-order valence-corrected chi connectivity index (χ0v) is 16.6. The van der Waals surface area contributed by atoms with Crippen LogP contribution in [-0.4, -0.2) is 30.4 Å². The SMILES string of the molecule is CNC1Cc2cc(C(C)=O)ccc2OC1(C)C.Cc1cccc(C(N)=O)c1. The summed E-state index contributed by atoms with van der Waals surface area (Å²) < 4.78 is 5.98. The highest BCUT2D eigenvalue weighted by Gasteiger charge is 2.35. The fourth-order valence-corrected chi connectivity index (χ4v) is 3.13. The number of carbonyl (C=O) groups excluding carboxylic acids is 2. The van der Waals surface area contributed by atoms with E-state index in [-0.39, 0.29) is 23.3 Å². The molecule has 144 valence electrons. The maximum atomic E-state index is 11.4. The predicted molar refractivity (Wildman–Crippen MR) is 107 cm³/mol. The van der Waals surface area contributed by atoms with Crippen molar-refractivity contribution in [3.8, 4) is 5.75 Å². The standard InChI is InChI=1S/C14H19NO2.C8H9NO/c1-9(16)10-5-6-12-11(7-10)8-13(15-4)14(2,3)17-12;1-6-3-2-4-7(5-6)8(9)10/h5-7,13,15H,8H2,1-4H3;2-5H,1H3,(H2,9,10). The molecule has 5 nitrogen and oxygen atoms in total. The Morgan fingerprint density at radius 2 is 1.85 bits per heavy atom. The molecule has 1 atom stereocenters. The first-order chi connectivity index (χ1) is 12.6. The third-order valence-corrected chi connectivity index (χ3v) is 4.75. The number of fused-ring (bicyclic) bond motifs is 1. The van der Waals surface area contributed by atoms with E-state index < -0.39 is 0 Å². The van der Waals surface area contributed by atoms with Gasteiger partial charge in [-0.1, -0.05) is 17.7 Å². The summed E-state index contributed by atoms with van der Waals surface area (Å²) in [6.45, 7) is 7.67. The van der Waals surface area contributed by atoms with Crippen molar-refractivity contribution in [1.82, 2.24) is 5.32 Å². The number of rotatable bonds is 3. The first kappa shape index (κ1) is 20.6. The van der Waals surface area contributed by atoms with Crippen molar-refractivity contribution in [1.29, 1.82) is 0 Å².